The van der Waals surface area contributed by atoms with Gasteiger partial charge < -0.3 is 4.74 Å². The monoisotopic (exact) mass is 702 g/mol. The van der Waals surface area contributed by atoms with Gasteiger partial charge in [-0.1, -0.05) is 105 Å². The molecule has 272 valence electrons. The molecule has 0 unspecified atom stereocenters. The van der Waals surface area contributed by atoms with Gasteiger partial charge in [0.05, 0.1) is 22.4 Å². The van der Waals surface area contributed by atoms with Gasteiger partial charge in [-0.25, -0.2) is 4.98 Å². The quantitative estimate of drug-likeness (QED) is 0.111. The van der Waals surface area contributed by atoms with Crippen molar-refractivity contribution in [3.63, 3.8) is 0 Å². The highest BCUT2D eigenvalue weighted by atomic mass is 16.5. The highest BCUT2D eigenvalue weighted by Crippen LogP contribution is 2.37. The number of imidazole rings is 1. The number of ether oxygens (including phenoxy) is 1. The molecule has 0 aliphatic rings. The number of pyridine rings is 1. The Morgan fingerprint density at radius 1 is 0.679 bits per heavy atom. The van der Waals surface area contributed by atoms with E-state index in [1.807, 2.05) is 6.20 Å². The van der Waals surface area contributed by atoms with E-state index in [0.29, 0.717) is 11.8 Å². The standard InChI is InChI=1S/C48H54N4O/c1-32(2)21-34-23-35(22-33(3)4)25-38(24-34)50-19-20-51(31-50)39-26-37(48(8,9)10)27-41(29-39)53-40-15-16-43-42-13-11-12-14-44(42)52(45(43)30-40)46-28-36(17-18-49-46)47(5,6)7/h11-20,23-30,32-33H,21-22H2,1-10H3. The molecule has 0 N–H and O–H groups in total. The number of para-hydroxylation sites is 1. The van der Waals surface area contributed by atoms with E-state index in [1.54, 1.807) is 0 Å². The molecule has 0 amide bonds. The molecule has 3 aromatic heterocycles. The van der Waals surface area contributed by atoms with Crippen LogP contribution in [0.4, 0.5) is 0 Å². The lowest BCUT2D eigenvalue weighted by Crippen LogP contribution is -2.28. The molecule has 0 saturated carbocycles. The van der Waals surface area contributed by atoms with Crippen molar-refractivity contribution >= 4 is 21.8 Å². The molecule has 7 aromatic rings. The summed E-state index contributed by atoms with van der Waals surface area (Å²) in [6.07, 6.45) is 11.9. The van der Waals surface area contributed by atoms with E-state index in [-0.39, 0.29) is 10.8 Å². The number of fused-ring (bicyclic) bond motifs is 3. The molecule has 0 atom stereocenters. The first-order valence-corrected chi connectivity index (χ1v) is 19.1. The maximum atomic E-state index is 6.78. The second kappa shape index (κ2) is 14.0. The summed E-state index contributed by atoms with van der Waals surface area (Å²) in [4.78, 5) is 4.87. The van der Waals surface area contributed by atoms with E-state index >= 15 is 0 Å². The van der Waals surface area contributed by atoms with E-state index in [9.17, 15) is 0 Å². The maximum absolute atomic E-state index is 6.78. The van der Waals surface area contributed by atoms with Crippen molar-refractivity contribution in [3.05, 3.63) is 138 Å². The molecule has 0 aliphatic heterocycles. The number of nitrogens with zero attached hydrogens (tertiary/aromatic N) is 4. The molecule has 3 heterocycles. The fourth-order valence-corrected chi connectivity index (χ4v) is 7.28. The number of hydrogen-bond acceptors (Lipinski definition) is 2. The summed E-state index contributed by atoms with van der Waals surface area (Å²) in [5.41, 5.74) is 9.44. The second-order valence-corrected chi connectivity index (χ2v) is 17.6. The third-order valence-electron chi connectivity index (χ3n) is 9.94. The van der Waals surface area contributed by atoms with E-state index < -0.39 is 0 Å². The third-order valence-corrected chi connectivity index (χ3v) is 9.94. The molecule has 4 aromatic carbocycles. The first kappa shape index (κ1) is 36.2. The summed E-state index contributed by atoms with van der Waals surface area (Å²) in [5, 5.41) is 2.36. The van der Waals surface area contributed by atoms with Crippen molar-refractivity contribution in [2.75, 3.05) is 0 Å². The van der Waals surface area contributed by atoms with Crippen molar-refractivity contribution in [1.82, 2.24) is 14.1 Å². The van der Waals surface area contributed by atoms with Crippen LogP contribution in [0.15, 0.2) is 110 Å². The van der Waals surface area contributed by atoms with Crippen LogP contribution in [0.1, 0.15) is 91.5 Å². The molecule has 5 nitrogen and oxygen atoms in total. The van der Waals surface area contributed by atoms with Gasteiger partial charge in [0.15, 0.2) is 0 Å². The maximum Gasteiger partial charge on any atom is 0.268 e. The van der Waals surface area contributed by atoms with Crippen molar-refractivity contribution in [3.8, 4) is 28.7 Å². The van der Waals surface area contributed by atoms with Gasteiger partial charge in [-0.15, -0.1) is 0 Å². The highest BCUT2D eigenvalue weighted by Gasteiger charge is 2.20. The van der Waals surface area contributed by atoms with Gasteiger partial charge in [0.25, 0.3) is 6.33 Å². The summed E-state index contributed by atoms with van der Waals surface area (Å²) < 4.78 is 13.2. The predicted molar refractivity (Wildman–Crippen MR) is 219 cm³/mol. The Balaban J connectivity index is 1.28. The Bertz CT molecular complexity index is 2380. The molecule has 0 saturated heterocycles. The summed E-state index contributed by atoms with van der Waals surface area (Å²) in [6, 6.07) is 32.8. The molecule has 0 radical (unpaired) electrons. The van der Waals surface area contributed by atoms with Crippen molar-refractivity contribution < 1.29 is 9.30 Å². The fourth-order valence-electron chi connectivity index (χ4n) is 7.28. The number of aromatic nitrogens is 4. The topological polar surface area (TPSA) is 35.9 Å². The van der Waals surface area contributed by atoms with Crippen LogP contribution in [0.2, 0.25) is 0 Å². The largest absolute Gasteiger partial charge is 0.458 e. The van der Waals surface area contributed by atoms with Crippen LogP contribution >= 0.6 is 0 Å². The van der Waals surface area contributed by atoms with Crippen LogP contribution in [0.5, 0.6) is 11.5 Å². The molecule has 53 heavy (non-hydrogen) atoms. The van der Waals surface area contributed by atoms with Crippen LogP contribution in [0, 0.1) is 18.2 Å². The van der Waals surface area contributed by atoms with Crippen LogP contribution < -0.4 is 9.30 Å². The Hall–Kier alpha value is -5.16. The number of rotatable bonds is 9. The van der Waals surface area contributed by atoms with Gasteiger partial charge in [0, 0.05) is 35.4 Å². The Labute approximate surface area is 315 Å². The van der Waals surface area contributed by atoms with E-state index in [4.69, 9.17) is 9.72 Å². The third kappa shape index (κ3) is 7.81. The average molecular weight is 703 g/mol. The first-order chi connectivity index (χ1) is 25.1. The first-order valence-electron chi connectivity index (χ1n) is 19.1. The average Bonchev–Trinajstić information content (AvgIpc) is 3.70. The van der Waals surface area contributed by atoms with Gasteiger partial charge in [-0.2, -0.15) is 0 Å². The summed E-state index contributed by atoms with van der Waals surface area (Å²) in [5.74, 6) is 3.65. The molecule has 0 aliphatic carbocycles. The van der Waals surface area contributed by atoms with Gasteiger partial charge in [-0.3, -0.25) is 13.7 Å². The van der Waals surface area contributed by atoms with Crippen LogP contribution in [0.25, 0.3) is 39.0 Å². The van der Waals surface area contributed by atoms with Gasteiger partial charge >= 0.3 is 0 Å². The number of hydrogen-bond donors (Lipinski definition) is 0. The van der Waals surface area contributed by atoms with E-state index in [0.717, 1.165) is 52.6 Å². The molecule has 0 spiro atoms. The van der Waals surface area contributed by atoms with Crippen molar-refractivity contribution in [1.29, 1.82) is 0 Å². The summed E-state index contributed by atoms with van der Waals surface area (Å²) in [7, 11) is 0. The van der Waals surface area contributed by atoms with Gasteiger partial charge in [0.2, 0.25) is 0 Å². The SMILES string of the molecule is CC(C)Cc1cc(CC(C)C)cc(-[n+]2[c-]n(-c3cc(Oc4ccc5c6ccccc6n(-c6cc(C(C)(C)C)ccn6)c5c4)cc(C(C)(C)C)c3)cc2)c1. The molecule has 7 rings (SSSR count). The lowest BCUT2D eigenvalue weighted by Gasteiger charge is -2.22. The lowest BCUT2D eigenvalue weighted by atomic mass is 9.86. The lowest BCUT2D eigenvalue weighted by molar-refractivity contribution is -0.599. The minimum atomic E-state index is -0.0890. The predicted octanol–water partition coefficient (Wildman–Crippen LogP) is 11.8. The van der Waals surface area contributed by atoms with Crippen LogP contribution in [0.3, 0.4) is 0 Å². The van der Waals surface area contributed by atoms with Crippen molar-refractivity contribution in [2.24, 2.45) is 11.8 Å². The van der Waals surface area contributed by atoms with Gasteiger partial charge in [0.1, 0.15) is 17.3 Å². The number of benzene rings is 4. The van der Waals surface area contributed by atoms with Gasteiger partial charge in [-0.05, 0) is 107 Å². The Morgan fingerprint density at radius 2 is 1.36 bits per heavy atom. The second-order valence-electron chi connectivity index (χ2n) is 17.6. The van der Waals surface area contributed by atoms with Crippen LogP contribution in [-0.2, 0) is 23.7 Å². The Morgan fingerprint density at radius 3 is 2.04 bits per heavy atom. The minimum Gasteiger partial charge on any atom is -0.458 e. The van der Waals surface area contributed by atoms with Crippen LogP contribution in [-0.4, -0.2) is 14.1 Å². The smallest absolute Gasteiger partial charge is 0.268 e. The Kier molecular flexibility index (Phi) is 9.57. The normalized spacial score (nSPS) is 12.5. The molecule has 0 bridgehead atoms. The summed E-state index contributed by atoms with van der Waals surface area (Å²) >= 11 is 0. The van der Waals surface area contributed by atoms with Crippen molar-refractivity contribution in [2.45, 2.75) is 92.9 Å². The zero-order chi connectivity index (χ0) is 37.7. The zero-order valence-electron chi connectivity index (χ0n) is 33.2. The molecular weight excluding hydrogens is 649 g/mol. The molecule has 5 heteroatoms. The molecular formula is C48H54N4O. The van der Waals surface area contributed by atoms with E-state index in [2.05, 4.69) is 193 Å². The van der Waals surface area contributed by atoms with E-state index in [1.165, 1.54) is 33.0 Å². The highest BCUT2D eigenvalue weighted by molar-refractivity contribution is 6.09. The zero-order valence-corrected chi connectivity index (χ0v) is 33.2. The summed E-state index contributed by atoms with van der Waals surface area (Å²) in [6.45, 7) is 22.6. The fraction of sp³-hybridized carbons (Fsp3) is 0.333. The minimum absolute atomic E-state index is 0.00537. The molecule has 0 fully saturated rings.